The van der Waals surface area contributed by atoms with E-state index in [-0.39, 0.29) is 0 Å². The summed E-state index contributed by atoms with van der Waals surface area (Å²) in [6.07, 6.45) is 3.62. The number of benzene rings is 2. The highest BCUT2D eigenvalue weighted by Crippen LogP contribution is 2.33. The van der Waals surface area contributed by atoms with Gasteiger partial charge >= 0.3 is 0 Å². The number of pyridine rings is 2. The molecule has 0 saturated heterocycles. The first-order chi connectivity index (χ1) is 13.8. The number of aromatic amines is 1. The Balaban J connectivity index is 1.72. The Morgan fingerprint density at radius 3 is 2.11 bits per heavy atom. The van der Waals surface area contributed by atoms with Crippen molar-refractivity contribution in [3.8, 4) is 11.4 Å². The van der Waals surface area contributed by atoms with E-state index in [2.05, 4.69) is 70.1 Å². The summed E-state index contributed by atoms with van der Waals surface area (Å²) in [5, 5.41) is 2.06. The molecule has 138 valence electrons. The monoisotopic (exact) mass is 367 g/mol. The lowest BCUT2D eigenvalue weighted by atomic mass is 10.1. The van der Waals surface area contributed by atoms with Crippen LogP contribution in [-0.4, -0.2) is 33.0 Å². The van der Waals surface area contributed by atoms with Crippen LogP contribution in [0.5, 0.6) is 0 Å². The molecule has 0 bridgehead atoms. The van der Waals surface area contributed by atoms with Crippen molar-refractivity contribution in [2.24, 2.45) is 0 Å². The fraction of sp³-hybridized carbons (Fsp3) is 0.174. The summed E-state index contributed by atoms with van der Waals surface area (Å²) in [7, 11) is 0. The standard InChI is InChI=1S/C23H21N5/c1-3-28(4-2)16-11-9-15(10-12-16)23-26-21-17-7-5-13-24-19(17)20-18(22(21)27-23)8-6-14-25-20/h5-14H,3-4H2,1-2H3,(H,26,27). The molecule has 0 saturated carbocycles. The minimum Gasteiger partial charge on any atom is -0.372 e. The molecule has 1 N–H and O–H groups in total. The second kappa shape index (κ2) is 6.60. The lowest BCUT2D eigenvalue weighted by Gasteiger charge is -2.20. The van der Waals surface area contributed by atoms with E-state index in [1.54, 1.807) is 0 Å². The van der Waals surface area contributed by atoms with Crippen LogP contribution in [0.2, 0.25) is 0 Å². The Kier molecular flexibility index (Phi) is 3.93. The van der Waals surface area contributed by atoms with Gasteiger partial charge in [-0.05, 0) is 62.4 Å². The summed E-state index contributed by atoms with van der Waals surface area (Å²) in [4.78, 5) is 19.9. The first-order valence-electron chi connectivity index (χ1n) is 9.66. The van der Waals surface area contributed by atoms with E-state index >= 15 is 0 Å². The Morgan fingerprint density at radius 2 is 1.43 bits per heavy atom. The summed E-state index contributed by atoms with van der Waals surface area (Å²) in [5.41, 5.74) is 6.03. The van der Waals surface area contributed by atoms with Gasteiger partial charge in [0.1, 0.15) is 5.82 Å². The minimum absolute atomic E-state index is 0.864. The lowest BCUT2D eigenvalue weighted by Crippen LogP contribution is -2.21. The molecule has 3 heterocycles. The second-order valence-corrected chi connectivity index (χ2v) is 6.83. The van der Waals surface area contributed by atoms with E-state index in [0.717, 1.165) is 57.3 Å². The minimum atomic E-state index is 0.864. The van der Waals surface area contributed by atoms with Gasteiger partial charge in [-0.25, -0.2) is 4.98 Å². The molecular formula is C23H21N5. The third-order valence-corrected chi connectivity index (χ3v) is 5.34. The molecule has 28 heavy (non-hydrogen) atoms. The van der Waals surface area contributed by atoms with Crippen molar-refractivity contribution in [1.82, 2.24) is 19.9 Å². The molecule has 0 amide bonds. The Hall–Kier alpha value is -3.47. The fourth-order valence-corrected chi connectivity index (χ4v) is 3.90. The molecule has 0 unspecified atom stereocenters. The number of hydrogen-bond donors (Lipinski definition) is 1. The van der Waals surface area contributed by atoms with Crippen LogP contribution < -0.4 is 4.90 Å². The number of hydrogen-bond acceptors (Lipinski definition) is 4. The van der Waals surface area contributed by atoms with Gasteiger partial charge < -0.3 is 9.88 Å². The van der Waals surface area contributed by atoms with Crippen molar-refractivity contribution in [2.45, 2.75) is 13.8 Å². The van der Waals surface area contributed by atoms with E-state index in [1.165, 1.54) is 5.69 Å². The van der Waals surface area contributed by atoms with Crippen molar-refractivity contribution in [3.63, 3.8) is 0 Å². The van der Waals surface area contributed by atoms with Crippen LogP contribution in [0.3, 0.4) is 0 Å². The largest absolute Gasteiger partial charge is 0.372 e. The molecule has 5 heteroatoms. The molecule has 0 aliphatic heterocycles. The lowest BCUT2D eigenvalue weighted by molar-refractivity contribution is 0.866. The van der Waals surface area contributed by atoms with Crippen LogP contribution in [0, 0.1) is 0 Å². The predicted molar refractivity (Wildman–Crippen MR) is 116 cm³/mol. The highest BCUT2D eigenvalue weighted by atomic mass is 15.1. The SMILES string of the molecule is CCN(CC)c1ccc(-c2nc3c4cccnc4c4ncccc4c3[nH]2)cc1. The summed E-state index contributed by atoms with van der Waals surface area (Å²) in [6.45, 7) is 6.35. The zero-order valence-electron chi connectivity index (χ0n) is 16.0. The number of imidazole rings is 1. The average Bonchev–Trinajstić information content (AvgIpc) is 3.21. The van der Waals surface area contributed by atoms with Gasteiger partial charge in [-0.3, -0.25) is 9.97 Å². The quantitative estimate of drug-likeness (QED) is 0.445. The number of aromatic nitrogens is 4. The van der Waals surface area contributed by atoms with Gasteiger partial charge in [0.2, 0.25) is 0 Å². The summed E-state index contributed by atoms with van der Waals surface area (Å²) in [5.74, 6) is 0.864. The third kappa shape index (κ3) is 2.51. The molecule has 3 aromatic heterocycles. The summed E-state index contributed by atoms with van der Waals surface area (Å²) in [6, 6.07) is 16.6. The average molecular weight is 367 g/mol. The van der Waals surface area contributed by atoms with Gasteiger partial charge in [-0.2, -0.15) is 0 Å². The fourth-order valence-electron chi connectivity index (χ4n) is 3.90. The molecule has 0 fully saturated rings. The molecule has 5 aromatic rings. The number of nitrogens with zero attached hydrogens (tertiary/aromatic N) is 4. The number of rotatable bonds is 4. The zero-order valence-corrected chi connectivity index (χ0v) is 16.0. The third-order valence-electron chi connectivity index (χ3n) is 5.34. The molecule has 5 nitrogen and oxygen atoms in total. The molecule has 0 spiro atoms. The second-order valence-electron chi connectivity index (χ2n) is 6.83. The van der Waals surface area contributed by atoms with Crippen molar-refractivity contribution < 1.29 is 0 Å². The van der Waals surface area contributed by atoms with E-state index in [4.69, 9.17) is 4.98 Å². The van der Waals surface area contributed by atoms with Gasteiger partial charge in [0.15, 0.2) is 0 Å². The van der Waals surface area contributed by atoms with Crippen molar-refractivity contribution >= 4 is 38.5 Å². The van der Waals surface area contributed by atoms with Crippen LogP contribution in [0.1, 0.15) is 13.8 Å². The van der Waals surface area contributed by atoms with Crippen molar-refractivity contribution in [1.29, 1.82) is 0 Å². The number of nitrogens with one attached hydrogen (secondary N) is 1. The molecular weight excluding hydrogens is 346 g/mol. The van der Waals surface area contributed by atoms with E-state index in [9.17, 15) is 0 Å². The van der Waals surface area contributed by atoms with Crippen LogP contribution in [0.15, 0.2) is 60.9 Å². The molecule has 5 rings (SSSR count). The normalized spacial score (nSPS) is 11.5. The highest BCUT2D eigenvalue weighted by Gasteiger charge is 2.15. The van der Waals surface area contributed by atoms with Gasteiger partial charge in [-0.15, -0.1) is 0 Å². The zero-order chi connectivity index (χ0) is 19.1. The maximum Gasteiger partial charge on any atom is 0.138 e. The summed E-state index contributed by atoms with van der Waals surface area (Å²) >= 11 is 0. The Labute approximate surface area is 163 Å². The summed E-state index contributed by atoms with van der Waals surface area (Å²) < 4.78 is 0. The maximum absolute atomic E-state index is 4.94. The number of fused-ring (bicyclic) bond motifs is 6. The van der Waals surface area contributed by atoms with Crippen LogP contribution in [0.4, 0.5) is 5.69 Å². The van der Waals surface area contributed by atoms with Crippen molar-refractivity contribution in [3.05, 3.63) is 60.9 Å². The van der Waals surface area contributed by atoms with E-state index in [0.29, 0.717) is 0 Å². The number of anilines is 1. The first-order valence-corrected chi connectivity index (χ1v) is 9.66. The van der Waals surface area contributed by atoms with E-state index in [1.807, 2.05) is 24.5 Å². The Bertz CT molecular complexity index is 1210. The highest BCUT2D eigenvalue weighted by molar-refractivity contribution is 6.21. The molecule has 0 radical (unpaired) electrons. The smallest absolute Gasteiger partial charge is 0.138 e. The molecule has 0 atom stereocenters. The number of H-pyrrole nitrogens is 1. The molecule has 0 aliphatic carbocycles. The molecule has 2 aromatic carbocycles. The van der Waals surface area contributed by atoms with Gasteiger partial charge in [0.05, 0.1) is 22.1 Å². The molecule has 0 aliphatic rings. The van der Waals surface area contributed by atoms with Crippen LogP contribution in [-0.2, 0) is 0 Å². The van der Waals surface area contributed by atoms with Crippen LogP contribution in [0.25, 0.3) is 44.2 Å². The predicted octanol–water partition coefficient (Wildman–Crippen LogP) is 5.17. The topological polar surface area (TPSA) is 57.7 Å². The van der Waals surface area contributed by atoms with Gasteiger partial charge in [0.25, 0.3) is 0 Å². The Morgan fingerprint density at radius 1 is 0.786 bits per heavy atom. The maximum atomic E-state index is 4.94. The first kappa shape index (κ1) is 16.7. The van der Waals surface area contributed by atoms with E-state index < -0.39 is 0 Å². The van der Waals surface area contributed by atoms with Crippen molar-refractivity contribution in [2.75, 3.05) is 18.0 Å². The van der Waals surface area contributed by atoms with Crippen LogP contribution >= 0.6 is 0 Å². The van der Waals surface area contributed by atoms with Gasteiger partial charge in [0, 0.05) is 47.5 Å². The van der Waals surface area contributed by atoms with Gasteiger partial charge in [-0.1, -0.05) is 0 Å².